The third-order valence-electron chi connectivity index (χ3n) is 3.95. The Labute approximate surface area is 107 Å². The molecule has 0 aromatic heterocycles. The molecule has 0 bridgehead atoms. The van der Waals surface area contributed by atoms with Gasteiger partial charge in [0.05, 0.1) is 6.61 Å². The van der Waals surface area contributed by atoms with Crippen LogP contribution in [0, 0.1) is 5.92 Å². The second-order valence-electron chi connectivity index (χ2n) is 5.18. The summed E-state index contributed by atoms with van der Waals surface area (Å²) in [4.78, 5) is 2.66. The molecule has 1 fully saturated rings. The van der Waals surface area contributed by atoms with Gasteiger partial charge in [-0.15, -0.1) is 0 Å². The van der Waals surface area contributed by atoms with Crippen molar-refractivity contribution in [3.8, 4) is 0 Å². The quantitative estimate of drug-likeness (QED) is 0.635. The van der Waals surface area contributed by atoms with Crippen LogP contribution >= 0.6 is 0 Å². The summed E-state index contributed by atoms with van der Waals surface area (Å²) >= 11 is 0. The molecule has 1 saturated carbocycles. The summed E-state index contributed by atoms with van der Waals surface area (Å²) in [5.74, 6) is 0.933. The van der Waals surface area contributed by atoms with Crippen LogP contribution in [0.5, 0.6) is 0 Å². The highest BCUT2D eigenvalue weighted by Gasteiger charge is 2.34. The molecule has 0 aliphatic heterocycles. The van der Waals surface area contributed by atoms with Gasteiger partial charge < -0.3 is 10.1 Å². The first-order chi connectivity index (χ1) is 8.24. The zero-order valence-electron chi connectivity index (χ0n) is 12.0. The second-order valence-corrected chi connectivity index (χ2v) is 5.18. The highest BCUT2D eigenvalue weighted by Crippen LogP contribution is 2.35. The van der Waals surface area contributed by atoms with E-state index in [1.165, 1.54) is 19.3 Å². The molecule has 2 atom stereocenters. The van der Waals surface area contributed by atoms with Gasteiger partial charge in [-0.3, -0.25) is 4.90 Å². The minimum absolute atomic E-state index is 0.653. The normalized spacial score (nSPS) is 19.6. The molecule has 0 saturated heterocycles. The van der Waals surface area contributed by atoms with Crippen LogP contribution in [0.1, 0.15) is 40.0 Å². The highest BCUT2D eigenvalue weighted by molar-refractivity contribution is 4.88. The fourth-order valence-corrected chi connectivity index (χ4v) is 2.57. The maximum atomic E-state index is 5.26. The molecule has 2 unspecified atom stereocenters. The molecule has 1 aliphatic rings. The number of likely N-dealkylation sites (N-methyl/N-ethyl adjacent to an activating group) is 1. The zero-order valence-corrected chi connectivity index (χ0v) is 12.0. The van der Waals surface area contributed by atoms with Crippen LogP contribution < -0.4 is 5.32 Å². The van der Waals surface area contributed by atoms with Crippen LogP contribution in [0.15, 0.2) is 0 Å². The number of methoxy groups -OCH3 is 1. The lowest BCUT2D eigenvalue weighted by Gasteiger charge is -2.36. The lowest BCUT2D eigenvalue weighted by atomic mass is 10.1. The molecule has 3 nitrogen and oxygen atoms in total. The smallest absolute Gasteiger partial charge is 0.0589 e. The van der Waals surface area contributed by atoms with Gasteiger partial charge in [-0.05, 0) is 38.6 Å². The molecular weight excluding hydrogens is 212 g/mol. The van der Waals surface area contributed by atoms with Gasteiger partial charge in [-0.1, -0.05) is 13.8 Å². The number of ether oxygens (including phenoxy) is 1. The van der Waals surface area contributed by atoms with Crippen molar-refractivity contribution in [2.45, 2.75) is 52.1 Å². The predicted octanol–water partition coefficient (Wildman–Crippen LogP) is 2.12. The Hall–Kier alpha value is -0.120. The Bertz CT molecular complexity index is 195. The van der Waals surface area contributed by atoms with Gasteiger partial charge in [0.25, 0.3) is 0 Å². The van der Waals surface area contributed by atoms with E-state index in [2.05, 4.69) is 31.0 Å². The van der Waals surface area contributed by atoms with Crippen molar-refractivity contribution in [1.82, 2.24) is 10.2 Å². The molecule has 0 aromatic rings. The van der Waals surface area contributed by atoms with Crippen molar-refractivity contribution in [3.63, 3.8) is 0 Å². The molecule has 3 heteroatoms. The van der Waals surface area contributed by atoms with Crippen molar-refractivity contribution in [2.75, 3.05) is 33.4 Å². The minimum atomic E-state index is 0.653. The summed E-state index contributed by atoms with van der Waals surface area (Å²) in [6, 6.07) is 1.37. The maximum Gasteiger partial charge on any atom is 0.0589 e. The Morgan fingerprint density at radius 3 is 2.53 bits per heavy atom. The van der Waals surface area contributed by atoms with Crippen LogP contribution in [-0.2, 0) is 4.74 Å². The average molecular weight is 242 g/mol. The van der Waals surface area contributed by atoms with Crippen LogP contribution in [0.3, 0.4) is 0 Å². The largest absolute Gasteiger partial charge is 0.383 e. The lowest BCUT2D eigenvalue weighted by Crippen LogP contribution is -2.48. The van der Waals surface area contributed by atoms with E-state index < -0.39 is 0 Å². The van der Waals surface area contributed by atoms with Crippen LogP contribution in [0.25, 0.3) is 0 Å². The van der Waals surface area contributed by atoms with Gasteiger partial charge in [0.1, 0.15) is 0 Å². The van der Waals surface area contributed by atoms with Crippen LogP contribution in [0.2, 0.25) is 0 Å². The number of hydrogen-bond donors (Lipinski definition) is 1. The van der Waals surface area contributed by atoms with E-state index in [9.17, 15) is 0 Å². The summed E-state index contributed by atoms with van der Waals surface area (Å²) in [6.45, 7) is 10.9. The third-order valence-corrected chi connectivity index (χ3v) is 3.95. The molecule has 0 radical (unpaired) electrons. The molecule has 1 N–H and O–H groups in total. The summed E-state index contributed by atoms with van der Waals surface area (Å²) in [7, 11) is 1.80. The fourth-order valence-electron chi connectivity index (χ4n) is 2.57. The number of rotatable bonds is 10. The summed E-state index contributed by atoms with van der Waals surface area (Å²) < 4.78 is 5.26. The Balaban J connectivity index is 2.50. The van der Waals surface area contributed by atoms with E-state index in [1.807, 2.05) is 0 Å². The van der Waals surface area contributed by atoms with Crippen molar-refractivity contribution in [2.24, 2.45) is 5.92 Å². The molecule has 17 heavy (non-hydrogen) atoms. The van der Waals surface area contributed by atoms with Gasteiger partial charge >= 0.3 is 0 Å². The number of hydrogen-bond acceptors (Lipinski definition) is 3. The van der Waals surface area contributed by atoms with Gasteiger partial charge in [-0.2, -0.15) is 0 Å². The Morgan fingerprint density at radius 2 is 2.06 bits per heavy atom. The first-order valence-corrected chi connectivity index (χ1v) is 7.19. The number of nitrogens with one attached hydrogen (secondary N) is 1. The SMILES string of the molecule is CCNCC(CC)N(CCOC)C(C)C1CC1. The monoisotopic (exact) mass is 242 g/mol. The van der Waals surface area contributed by atoms with E-state index in [-0.39, 0.29) is 0 Å². The first-order valence-electron chi connectivity index (χ1n) is 7.19. The minimum Gasteiger partial charge on any atom is -0.383 e. The van der Waals surface area contributed by atoms with Crippen LogP contribution in [0.4, 0.5) is 0 Å². The molecule has 1 aliphatic carbocycles. The molecule has 0 spiro atoms. The van der Waals surface area contributed by atoms with Crippen molar-refractivity contribution >= 4 is 0 Å². The summed E-state index contributed by atoms with van der Waals surface area (Å²) in [5.41, 5.74) is 0. The predicted molar refractivity (Wildman–Crippen MR) is 73.4 cm³/mol. The summed E-state index contributed by atoms with van der Waals surface area (Å²) in [5, 5.41) is 3.49. The second kappa shape index (κ2) is 8.06. The molecule has 0 amide bonds. The van der Waals surface area contributed by atoms with E-state index in [4.69, 9.17) is 4.74 Å². The Kier molecular flexibility index (Phi) is 7.09. The maximum absolute atomic E-state index is 5.26. The molecule has 1 rings (SSSR count). The van der Waals surface area contributed by atoms with Crippen molar-refractivity contribution in [1.29, 1.82) is 0 Å². The molecular formula is C14H30N2O. The van der Waals surface area contributed by atoms with Crippen molar-refractivity contribution < 1.29 is 4.74 Å². The molecule has 0 heterocycles. The third kappa shape index (κ3) is 4.94. The van der Waals surface area contributed by atoms with Crippen LogP contribution in [-0.4, -0.2) is 50.3 Å². The number of nitrogens with zero attached hydrogens (tertiary/aromatic N) is 1. The Morgan fingerprint density at radius 1 is 1.35 bits per heavy atom. The fraction of sp³-hybridized carbons (Fsp3) is 1.00. The first kappa shape index (κ1) is 14.9. The lowest BCUT2D eigenvalue weighted by molar-refractivity contribution is 0.0788. The highest BCUT2D eigenvalue weighted by atomic mass is 16.5. The topological polar surface area (TPSA) is 24.5 Å². The van der Waals surface area contributed by atoms with Gasteiger partial charge in [-0.25, -0.2) is 0 Å². The zero-order chi connectivity index (χ0) is 12.7. The van der Waals surface area contributed by atoms with E-state index in [1.54, 1.807) is 7.11 Å². The van der Waals surface area contributed by atoms with Gasteiger partial charge in [0, 0.05) is 32.3 Å². The molecule has 0 aromatic carbocycles. The summed E-state index contributed by atoms with van der Waals surface area (Å²) in [6.07, 6.45) is 4.05. The van der Waals surface area contributed by atoms with Crippen molar-refractivity contribution in [3.05, 3.63) is 0 Å². The van der Waals surface area contributed by atoms with Gasteiger partial charge in [0.15, 0.2) is 0 Å². The van der Waals surface area contributed by atoms with E-state index in [0.29, 0.717) is 12.1 Å². The van der Waals surface area contributed by atoms with E-state index >= 15 is 0 Å². The van der Waals surface area contributed by atoms with Gasteiger partial charge in [0.2, 0.25) is 0 Å². The molecule has 102 valence electrons. The standard InChI is InChI=1S/C14H30N2O/c1-5-14(11-15-6-2)16(9-10-17-4)12(3)13-7-8-13/h12-15H,5-11H2,1-4H3. The van der Waals surface area contributed by atoms with E-state index in [0.717, 1.165) is 32.2 Å². The average Bonchev–Trinajstić information content (AvgIpc) is 3.16.